The molecule has 0 N–H and O–H groups in total. The predicted octanol–water partition coefficient (Wildman–Crippen LogP) is 29.4. The first-order chi connectivity index (χ1) is 55.7. The van der Waals surface area contributed by atoms with Gasteiger partial charge >= 0.3 is 0 Å². The van der Waals surface area contributed by atoms with Crippen molar-refractivity contribution in [3.8, 4) is 83.6 Å². The monoisotopic (exact) mass is 1500 g/mol. The summed E-state index contributed by atoms with van der Waals surface area (Å²) < 4.78 is 2.61. The molecule has 0 fully saturated rings. The van der Waals surface area contributed by atoms with E-state index in [2.05, 4.69) is 440 Å². The molecule has 0 saturated heterocycles. The highest BCUT2D eigenvalue weighted by Crippen LogP contribution is 2.57. The van der Waals surface area contributed by atoms with Crippen LogP contribution in [-0.4, -0.2) is 11.3 Å². The second kappa shape index (κ2) is 26.5. The average molecular weight is 1500 g/mol. The number of nitrogens with zero attached hydrogens (tertiary/aromatic N) is 3. The van der Waals surface area contributed by atoms with Gasteiger partial charge in [0.25, 0.3) is 6.71 Å². The van der Waals surface area contributed by atoms with Gasteiger partial charge in [0.1, 0.15) is 0 Å². The number of anilines is 6. The van der Waals surface area contributed by atoms with E-state index in [1.165, 1.54) is 115 Å². The van der Waals surface area contributed by atoms with Crippen molar-refractivity contribution < 1.29 is 0 Å². The molecule has 0 saturated carbocycles. The van der Waals surface area contributed by atoms with E-state index in [-0.39, 0.29) is 33.8 Å². The normalized spacial score (nSPS) is 13.2. The smallest absolute Gasteiger partial charge is 0.252 e. The average Bonchev–Trinajstić information content (AvgIpc) is 0.836. The molecule has 3 nitrogen and oxygen atoms in total. The van der Waals surface area contributed by atoms with E-state index in [1.54, 1.807) is 0 Å². The zero-order valence-electron chi connectivity index (χ0n) is 69.5. The van der Waals surface area contributed by atoms with Gasteiger partial charge in [0.2, 0.25) is 0 Å². The molecule has 0 unspecified atom stereocenters. The fourth-order valence-electron chi connectivity index (χ4n) is 19.1. The van der Waals surface area contributed by atoms with Gasteiger partial charge in [-0.2, -0.15) is 0 Å². The molecule has 4 heteroatoms. The minimum Gasteiger partial charge on any atom is -0.310 e. The Hall–Kier alpha value is -12.5. The largest absolute Gasteiger partial charge is 0.310 e. The second-order valence-corrected chi connectivity index (χ2v) is 38.1. The fraction of sp³-hybridized carbons (Fsp3) is 0.179. The first-order valence-corrected chi connectivity index (χ1v) is 41.6. The molecule has 0 amide bonds. The number of aromatic nitrogens is 1. The van der Waals surface area contributed by atoms with Gasteiger partial charge in [0, 0.05) is 61.5 Å². The Morgan fingerprint density at radius 3 is 0.948 bits per heavy atom. The number of hydrogen-bond acceptors (Lipinski definition) is 2. The lowest BCUT2D eigenvalue weighted by Gasteiger charge is -2.46. The predicted molar refractivity (Wildman–Crippen MR) is 501 cm³/mol. The third-order valence-electron chi connectivity index (χ3n) is 25.5. The van der Waals surface area contributed by atoms with Gasteiger partial charge in [0.05, 0.1) is 22.4 Å². The number of rotatable bonds is 10. The molecule has 0 bridgehead atoms. The number of benzene rings is 17. The topological polar surface area (TPSA) is 11.4 Å². The molecule has 1 aromatic heterocycles. The van der Waals surface area contributed by atoms with Crippen LogP contribution in [0.5, 0.6) is 0 Å². The van der Waals surface area contributed by atoms with Gasteiger partial charge in [-0.15, -0.1) is 0 Å². The van der Waals surface area contributed by atoms with Crippen molar-refractivity contribution in [2.75, 3.05) is 9.80 Å². The summed E-state index contributed by atoms with van der Waals surface area (Å²) in [6.45, 7) is 34.9. The van der Waals surface area contributed by atoms with Crippen molar-refractivity contribution in [1.82, 2.24) is 4.57 Å². The summed E-state index contributed by atoms with van der Waals surface area (Å²) in [6.07, 6.45) is 0. The maximum atomic E-state index is 2.78. The van der Waals surface area contributed by atoms with Gasteiger partial charge < -0.3 is 14.4 Å². The van der Waals surface area contributed by atoms with Crippen LogP contribution in [0.4, 0.5) is 34.1 Å². The standard InChI is InChI=1S/C112H98BN3/c1-108(2,3)81-48-37-72(38-49-81)89-61-79(70-29-21-17-22-30-70)62-90(73-39-50-82(51-40-73)109(4,5)6)106(89)115-95-58-47-78(69-27-19-16-20-28-69)65-94(95)113-93-57-56-86(114-96-59-45-76-33-25-35-87-88-36-26-34-77-46-60-97(114)104(102(77)88)103(96)101(76)87)68-98(93)116(100-67-85(112(13,14)15)66-99(115)105(100)113)107-91(74-41-52-83(53-42-74)110(7,8)9)63-80(71-31-23-18-24-32-71)64-92(107)75-43-54-84(55-44-75)111(10,11)12/h16-68H,1-15H3. The molecule has 0 aliphatic carbocycles. The van der Waals surface area contributed by atoms with Gasteiger partial charge in [-0.25, -0.2) is 0 Å². The van der Waals surface area contributed by atoms with E-state index in [0.717, 1.165) is 101 Å². The molecule has 2 aliphatic heterocycles. The molecule has 0 radical (unpaired) electrons. The van der Waals surface area contributed by atoms with Crippen molar-refractivity contribution in [3.05, 3.63) is 349 Å². The molecule has 0 spiro atoms. The summed E-state index contributed by atoms with van der Waals surface area (Å²) in [5.74, 6) is 0. The molecular formula is C112H98BN3. The van der Waals surface area contributed by atoms with Crippen LogP contribution in [0.2, 0.25) is 0 Å². The molecule has 20 rings (SSSR count). The van der Waals surface area contributed by atoms with Crippen molar-refractivity contribution in [2.24, 2.45) is 0 Å². The van der Waals surface area contributed by atoms with Crippen LogP contribution < -0.4 is 26.2 Å². The van der Waals surface area contributed by atoms with Crippen LogP contribution in [0.1, 0.15) is 132 Å². The Bertz CT molecular complexity index is 6630. The number of fused-ring (bicyclic) bond motifs is 5. The molecule has 17 aromatic carbocycles. The Morgan fingerprint density at radius 1 is 0.224 bits per heavy atom. The van der Waals surface area contributed by atoms with E-state index in [9.17, 15) is 0 Å². The highest BCUT2D eigenvalue weighted by atomic mass is 15.2. The summed E-state index contributed by atoms with van der Waals surface area (Å²) in [6, 6.07) is 125. The van der Waals surface area contributed by atoms with Crippen molar-refractivity contribution in [1.29, 1.82) is 0 Å². The Labute approximate surface area is 685 Å². The van der Waals surface area contributed by atoms with Gasteiger partial charge in [-0.3, -0.25) is 0 Å². The lowest BCUT2D eigenvalue weighted by Crippen LogP contribution is -2.61. The zero-order chi connectivity index (χ0) is 79.8. The molecule has 3 heterocycles. The van der Waals surface area contributed by atoms with E-state index in [0.29, 0.717) is 0 Å². The summed E-state index contributed by atoms with van der Waals surface area (Å²) in [5.41, 5.74) is 36.0. The SMILES string of the molecule is CC(C)(C)c1ccc(-c2cc(-c3ccccc3)cc(-c3ccc(C(C)(C)C)cc3)c2N2c3ccc(-c4ccccc4)cc3B3c4ccc(-n5c6ccc7cccc8c9cccc%10ccc5c(c%109)c6c78)cc4N(c4c(-c5ccc(C(C)(C)C)cc5)cc(-c5ccccc5)cc4-c4ccc(C(C)(C)C)cc4)c4cc(C(C)(C)C)cc2c43)cc1. The van der Waals surface area contributed by atoms with Crippen LogP contribution in [-0.2, 0) is 27.1 Å². The van der Waals surface area contributed by atoms with E-state index in [4.69, 9.17) is 0 Å². The summed E-state index contributed by atoms with van der Waals surface area (Å²) in [7, 11) is 0. The summed E-state index contributed by atoms with van der Waals surface area (Å²) >= 11 is 0. The van der Waals surface area contributed by atoms with E-state index >= 15 is 0 Å². The lowest BCUT2D eigenvalue weighted by molar-refractivity contribution is 0.590. The summed E-state index contributed by atoms with van der Waals surface area (Å²) in [4.78, 5) is 5.53. The molecule has 18 aromatic rings. The maximum Gasteiger partial charge on any atom is 0.252 e. The minimum atomic E-state index is -0.362. The van der Waals surface area contributed by atoms with Gasteiger partial charge in [-0.05, 0) is 226 Å². The van der Waals surface area contributed by atoms with Crippen LogP contribution in [0.15, 0.2) is 322 Å². The highest BCUT2D eigenvalue weighted by Gasteiger charge is 2.47. The van der Waals surface area contributed by atoms with Gasteiger partial charge in [-0.1, -0.05) is 359 Å². The lowest BCUT2D eigenvalue weighted by atomic mass is 9.33. The van der Waals surface area contributed by atoms with Crippen LogP contribution >= 0.6 is 0 Å². The van der Waals surface area contributed by atoms with Crippen LogP contribution in [0.3, 0.4) is 0 Å². The zero-order valence-corrected chi connectivity index (χ0v) is 69.5. The summed E-state index contributed by atoms with van der Waals surface area (Å²) in [5, 5.41) is 10.4. The third-order valence-corrected chi connectivity index (χ3v) is 25.5. The van der Waals surface area contributed by atoms with Crippen molar-refractivity contribution in [3.63, 3.8) is 0 Å². The molecule has 564 valence electrons. The van der Waals surface area contributed by atoms with Gasteiger partial charge in [0.15, 0.2) is 0 Å². The van der Waals surface area contributed by atoms with E-state index < -0.39 is 0 Å². The first kappa shape index (κ1) is 72.5. The molecule has 2 aliphatic rings. The van der Waals surface area contributed by atoms with E-state index in [1.807, 2.05) is 0 Å². The second-order valence-electron chi connectivity index (χ2n) is 38.1. The van der Waals surface area contributed by atoms with Crippen LogP contribution in [0, 0.1) is 0 Å². The maximum absolute atomic E-state index is 2.78. The quantitative estimate of drug-likeness (QED) is 0.0768. The Kier molecular flexibility index (Phi) is 16.6. The highest BCUT2D eigenvalue weighted by molar-refractivity contribution is 7.00. The molecular weight excluding hydrogens is 1400 g/mol. The molecule has 116 heavy (non-hydrogen) atoms. The van der Waals surface area contributed by atoms with Crippen molar-refractivity contribution in [2.45, 2.75) is 131 Å². The third kappa shape index (κ3) is 11.9. The van der Waals surface area contributed by atoms with Crippen molar-refractivity contribution >= 4 is 111 Å². The number of hydrogen-bond donors (Lipinski definition) is 0. The first-order valence-electron chi connectivity index (χ1n) is 41.6. The van der Waals surface area contributed by atoms with Crippen LogP contribution in [0.25, 0.3) is 138 Å². The minimum absolute atomic E-state index is 0.0673. The Balaban J connectivity index is 0.971. The fourth-order valence-corrected chi connectivity index (χ4v) is 19.1. The molecule has 0 atom stereocenters. The Morgan fingerprint density at radius 2 is 0.578 bits per heavy atom.